The molecule has 0 bridgehead atoms. The smallest absolute Gasteiger partial charge is 0.255 e. The van der Waals surface area contributed by atoms with Crippen molar-refractivity contribution >= 4 is 11.6 Å². The molecule has 0 aromatic heterocycles. The maximum Gasteiger partial charge on any atom is 0.255 e. The summed E-state index contributed by atoms with van der Waals surface area (Å²) in [6, 6.07) is 24.0. The van der Waals surface area contributed by atoms with Gasteiger partial charge < -0.3 is 19.7 Å². The lowest BCUT2D eigenvalue weighted by atomic mass is 10.0. The third-order valence-electron chi connectivity index (χ3n) is 5.23. The summed E-state index contributed by atoms with van der Waals surface area (Å²) < 4.78 is 11.0. The van der Waals surface area contributed by atoms with E-state index in [0.717, 1.165) is 30.0 Å². The average Bonchev–Trinajstić information content (AvgIpc) is 3.22. The number of carbonyl (C=O) groups is 1. The first-order valence-electron chi connectivity index (χ1n) is 9.39. The lowest BCUT2D eigenvalue weighted by Crippen LogP contribution is -2.47. The van der Waals surface area contributed by atoms with E-state index in [0.29, 0.717) is 11.3 Å². The Morgan fingerprint density at radius 1 is 0.929 bits per heavy atom. The largest absolute Gasteiger partial charge is 0.454 e. The second-order valence-electron chi connectivity index (χ2n) is 6.93. The standard InChI is InChI=1S/C23H20N2O3/c26-23-18-8-4-5-9-19(18)25(13-12-16-6-2-1-3-7-16)22(24-23)17-10-11-20-21(14-17)28-15-27-20/h1-11,14,22H,12-13,15H2,(H,24,26). The minimum Gasteiger partial charge on any atom is -0.454 e. The number of hydrogen-bond acceptors (Lipinski definition) is 4. The van der Waals surface area contributed by atoms with E-state index in [-0.39, 0.29) is 18.9 Å². The molecule has 5 heteroatoms. The Labute approximate surface area is 163 Å². The first-order valence-corrected chi connectivity index (χ1v) is 9.39. The Kier molecular flexibility index (Phi) is 4.13. The van der Waals surface area contributed by atoms with Crippen molar-refractivity contribution in [3.8, 4) is 11.5 Å². The van der Waals surface area contributed by atoms with Crippen LogP contribution in [0.15, 0.2) is 72.8 Å². The molecule has 28 heavy (non-hydrogen) atoms. The van der Waals surface area contributed by atoms with Crippen molar-refractivity contribution in [3.63, 3.8) is 0 Å². The Hall–Kier alpha value is -3.47. The van der Waals surface area contributed by atoms with E-state index in [4.69, 9.17) is 9.47 Å². The summed E-state index contributed by atoms with van der Waals surface area (Å²) in [5, 5.41) is 3.16. The zero-order valence-corrected chi connectivity index (χ0v) is 15.3. The molecule has 0 aliphatic carbocycles. The number of ether oxygens (including phenoxy) is 2. The van der Waals surface area contributed by atoms with Crippen molar-refractivity contribution in [2.45, 2.75) is 12.6 Å². The van der Waals surface area contributed by atoms with Crippen molar-refractivity contribution in [3.05, 3.63) is 89.5 Å². The van der Waals surface area contributed by atoms with E-state index in [1.54, 1.807) is 0 Å². The second-order valence-corrected chi connectivity index (χ2v) is 6.93. The first kappa shape index (κ1) is 16.7. The monoisotopic (exact) mass is 372 g/mol. The average molecular weight is 372 g/mol. The zero-order valence-electron chi connectivity index (χ0n) is 15.3. The molecule has 140 valence electrons. The van der Waals surface area contributed by atoms with Gasteiger partial charge in [0.05, 0.1) is 11.3 Å². The van der Waals surface area contributed by atoms with E-state index in [1.165, 1.54) is 5.56 Å². The van der Waals surface area contributed by atoms with Crippen LogP contribution in [0.5, 0.6) is 11.5 Å². The van der Waals surface area contributed by atoms with Gasteiger partial charge in [0.15, 0.2) is 11.5 Å². The number of nitrogens with one attached hydrogen (secondary N) is 1. The van der Waals surface area contributed by atoms with E-state index in [1.807, 2.05) is 48.5 Å². The summed E-state index contributed by atoms with van der Waals surface area (Å²) >= 11 is 0. The summed E-state index contributed by atoms with van der Waals surface area (Å²) in [6.45, 7) is 1.01. The molecule has 5 nitrogen and oxygen atoms in total. The molecule has 1 atom stereocenters. The summed E-state index contributed by atoms with van der Waals surface area (Å²) in [7, 11) is 0. The molecule has 3 aromatic rings. The highest BCUT2D eigenvalue weighted by molar-refractivity contribution is 6.02. The molecule has 3 aromatic carbocycles. The summed E-state index contributed by atoms with van der Waals surface area (Å²) in [6.07, 6.45) is 0.618. The van der Waals surface area contributed by atoms with Gasteiger partial charge in [-0.15, -0.1) is 0 Å². The highest BCUT2D eigenvalue weighted by Gasteiger charge is 2.32. The summed E-state index contributed by atoms with van der Waals surface area (Å²) in [4.78, 5) is 15.0. The zero-order chi connectivity index (χ0) is 18.9. The van der Waals surface area contributed by atoms with Gasteiger partial charge in [-0.05, 0) is 41.8 Å². The topological polar surface area (TPSA) is 50.8 Å². The number of fused-ring (bicyclic) bond motifs is 2. The van der Waals surface area contributed by atoms with Crippen LogP contribution in [0.1, 0.15) is 27.7 Å². The number of benzene rings is 3. The van der Waals surface area contributed by atoms with E-state index >= 15 is 0 Å². The number of para-hydroxylation sites is 1. The lowest BCUT2D eigenvalue weighted by molar-refractivity contribution is 0.0926. The van der Waals surface area contributed by atoms with Crippen molar-refractivity contribution in [1.29, 1.82) is 0 Å². The minimum atomic E-state index is -0.263. The number of nitrogens with zero attached hydrogens (tertiary/aromatic N) is 1. The fraction of sp³-hybridized carbons (Fsp3) is 0.174. The number of rotatable bonds is 4. The Bertz CT molecular complexity index is 1020. The van der Waals surface area contributed by atoms with Crippen LogP contribution in [0.4, 0.5) is 5.69 Å². The van der Waals surface area contributed by atoms with Crippen LogP contribution in [0.2, 0.25) is 0 Å². The van der Waals surface area contributed by atoms with E-state index in [9.17, 15) is 4.79 Å². The van der Waals surface area contributed by atoms with Gasteiger partial charge in [0.25, 0.3) is 5.91 Å². The summed E-state index contributed by atoms with van der Waals surface area (Å²) in [5.41, 5.74) is 3.89. The molecule has 0 saturated carbocycles. The molecule has 0 fully saturated rings. The SMILES string of the molecule is O=C1NC(c2ccc3c(c2)OCO3)N(CCc2ccccc2)c2ccccc21. The molecule has 0 saturated heterocycles. The normalized spacial score (nSPS) is 17.2. The lowest BCUT2D eigenvalue weighted by Gasteiger charge is -2.39. The van der Waals surface area contributed by atoms with Crippen molar-refractivity contribution < 1.29 is 14.3 Å². The van der Waals surface area contributed by atoms with E-state index in [2.05, 4.69) is 34.5 Å². The predicted molar refractivity (Wildman–Crippen MR) is 107 cm³/mol. The van der Waals surface area contributed by atoms with Gasteiger partial charge >= 0.3 is 0 Å². The van der Waals surface area contributed by atoms with Crippen molar-refractivity contribution in [2.24, 2.45) is 0 Å². The fourth-order valence-corrected chi connectivity index (χ4v) is 3.83. The van der Waals surface area contributed by atoms with Gasteiger partial charge in [-0.25, -0.2) is 0 Å². The molecule has 2 heterocycles. The van der Waals surface area contributed by atoms with Gasteiger partial charge in [0.2, 0.25) is 6.79 Å². The first-order chi connectivity index (χ1) is 13.8. The van der Waals surface area contributed by atoms with Gasteiger partial charge in [-0.1, -0.05) is 48.5 Å². The predicted octanol–water partition coefficient (Wildman–Crippen LogP) is 3.91. The number of anilines is 1. The van der Waals surface area contributed by atoms with Crippen LogP contribution < -0.4 is 19.7 Å². The maximum atomic E-state index is 12.7. The molecule has 1 amide bonds. The van der Waals surface area contributed by atoms with Gasteiger partial charge in [-0.2, -0.15) is 0 Å². The third kappa shape index (κ3) is 2.95. The highest BCUT2D eigenvalue weighted by Crippen LogP contribution is 2.38. The van der Waals surface area contributed by atoms with Crippen LogP contribution in [0.25, 0.3) is 0 Å². The molecular weight excluding hydrogens is 352 g/mol. The molecular formula is C23H20N2O3. The fourth-order valence-electron chi connectivity index (χ4n) is 3.83. The Morgan fingerprint density at radius 2 is 1.71 bits per heavy atom. The second kappa shape index (κ2) is 6.93. The van der Waals surface area contributed by atoms with Crippen LogP contribution in [-0.4, -0.2) is 19.2 Å². The van der Waals surface area contributed by atoms with Crippen molar-refractivity contribution in [2.75, 3.05) is 18.2 Å². The van der Waals surface area contributed by atoms with Crippen LogP contribution in [0.3, 0.4) is 0 Å². The van der Waals surface area contributed by atoms with Gasteiger partial charge in [0, 0.05) is 6.54 Å². The molecule has 5 rings (SSSR count). The van der Waals surface area contributed by atoms with Crippen LogP contribution in [-0.2, 0) is 6.42 Å². The molecule has 1 N–H and O–H groups in total. The van der Waals surface area contributed by atoms with Crippen LogP contribution in [0, 0.1) is 0 Å². The number of carbonyl (C=O) groups excluding carboxylic acids is 1. The third-order valence-corrected chi connectivity index (χ3v) is 5.23. The Morgan fingerprint density at radius 3 is 2.61 bits per heavy atom. The van der Waals surface area contributed by atoms with E-state index < -0.39 is 0 Å². The van der Waals surface area contributed by atoms with Gasteiger partial charge in [-0.3, -0.25) is 4.79 Å². The molecule has 0 spiro atoms. The summed E-state index contributed by atoms with van der Waals surface area (Å²) in [5.74, 6) is 1.39. The highest BCUT2D eigenvalue weighted by atomic mass is 16.7. The van der Waals surface area contributed by atoms with Gasteiger partial charge in [0.1, 0.15) is 6.17 Å². The maximum absolute atomic E-state index is 12.7. The number of amides is 1. The number of hydrogen-bond donors (Lipinski definition) is 1. The van der Waals surface area contributed by atoms with Crippen molar-refractivity contribution in [1.82, 2.24) is 5.32 Å². The quantitative estimate of drug-likeness (QED) is 0.755. The molecule has 1 unspecified atom stereocenters. The molecule has 0 radical (unpaired) electrons. The van der Waals surface area contributed by atoms with Crippen LogP contribution >= 0.6 is 0 Å². The molecule has 2 aliphatic rings. The Balaban J connectivity index is 1.51. The molecule has 2 aliphatic heterocycles. The minimum absolute atomic E-state index is 0.0609.